The summed E-state index contributed by atoms with van der Waals surface area (Å²) in [5.41, 5.74) is 1.03. The van der Waals surface area contributed by atoms with E-state index in [1.807, 2.05) is 19.2 Å². The zero-order valence-electron chi connectivity index (χ0n) is 10.3. The van der Waals surface area contributed by atoms with Gasteiger partial charge in [0.1, 0.15) is 11.9 Å². The van der Waals surface area contributed by atoms with Crippen LogP contribution < -0.4 is 0 Å². The Labute approximate surface area is 102 Å². The van der Waals surface area contributed by atoms with Crippen molar-refractivity contribution in [3.8, 4) is 0 Å². The van der Waals surface area contributed by atoms with Gasteiger partial charge in [0, 0.05) is 25.8 Å². The maximum Gasteiger partial charge on any atom is 0.125 e. The van der Waals surface area contributed by atoms with Crippen molar-refractivity contribution in [3.63, 3.8) is 0 Å². The van der Waals surface area contributed by atoms with Gasteiger partial charge in [0.05, 0.1) is 12.3 Å². The molecular weight excluding hydrogens is 214 g/mol. The lowest BCUT2D eigenvalue weighted by Gasteiger charge is -2.32. The molecule has 0 spiro atoms. The molecule has 0 amide bonds. The van der Waals surface area contributed by atoms with Gasteiger partial charge in [0.15, 0.2) is 0 Å². The average Bonchev–Trinajstić information content (AvgIpc) is 3.13. The summed E-state index contributed by atoms with van der Waals surface area (Å²) in [6.45, 7) is 6.03. The third-order valence-electron chi connectivity index (χ3n) is 3.49. The van der Waals surface area contributed by atoms with Crippen LogP contribution in [0.15, 0.2) is 12.3 Å². The molecule has 3 rings (SSSR count). The first-order valence-corrected chi connectivity index (χ1v) is 6.45. The van der Waals surface area contributed by atoms with Crippen LogP contribution in [0, 0.1) is 12.8 Å². The van der Waals surface area contributed by atoms with E-state index in [-0.39, 0.29) is 6.10 Å². The molecule has 2 heterocycles. The van der Waals surface area contributed by atoms with E-state index < -0.39 is 0 Å². The van der Waals surface area contributed by atoms with Gasteiger partial charge in [0.2, 0.25) is 0 Å². The Bertz CT molecular complexity index is 392. The SMILES string of the molecule is Cc1nccc([C@@H]2CN(CC3CC3)CCO2)n1. The fraction of sp³-hybridized carbons (Fsp3) is 0.692. The standard InChI is InChI=1S/C13H19N3O/c1-10-14-5-4-12(15-10)13-9-16(6-7-17-13)8-11-2-3-11/h4-5,11,13H,2-3,6-9H2,1H3/t13-/m0/s1. The van der Waals surface area contributed by atoms with Crippen LogP contribution in [0.1, 0.15) is 30.5 Å². The number of hydrogen-bond donors (Lipinski definition) is 0. The number of nitrogens with zero attached hydrogens (tertiary/aromatic N) is 3. The summed E-state index contributed by atoms with van der Waals surface area (Å²) in [7, 11) is 0. The summed E-state index contributed by atoms with van der Waals surface area (Å²) in [6, 6.07) is 1.97. The predicted octanol–water partition coefficient (Wildman–Crippen LogP) is 1.57. The molecule has 1 aliphatic carbocycles. The fourth-order valence-corrected chi connectivity index (χ4v) is 2.37. The van der Waals surface area contributed by atoms with E-state index in [1.54, 1.807) is 0 Å². The minimum atomic E-state index is 0.129. The second-order valence-corrected chi connectivity index (χ2v) is 5.09. The number of hydrogen-bond acceptors (Lipinski definition) is 4. The van der Waals surface area contributed by atoms with Crippen LogP contribution in [0.5, 0.6) is 0 Å². The Morgan fingerprint density at radius 2 is 2.35 bits per heavy atom. The molecule has 1 aromatic rings. The van der Waals surface area contributed by atoms with E-state index in [2.05, 4.69) is 14.9 Å². The predicted molar refractivity (Wildman–Crippen MR) is 64.6 cm³/mol. The molecule has 17 heavy (non-hydrogen) atoms. The zero-order chi connectivity index (χ0) is 11.7. The molecule has 1 atom stereocenters. The van der Waals surface area contributed by atoms with Gasteiger partial charge in [-0.25, -0.2) is 9.97 Å². The molecule has 1 saturated carbocycles. The Morgan fingerprint density at radius 3 is 3.12 bits per heavy atom. The first kappa shape index (κ1) is 11.1. The van der Waals surface area contributed by atoms with Gasteiger partial charge in [-0.3, -0.25) is 4.90 Å². The number of aromatic nitrogens is 2. The third kappa shape index (κ3) is 2.82. The minimum Gasteiger partial charge on any atom is -0.369 e. The average molecular weight is 233 g/mol. The Balaban J connectivity index is 1.65. The molecule has 0 bridgehead atoms. The van der Waals surface area contributed by atoms with E-state index in [0.717, 1.165) is 37.1 Å². The monoisotopic (exact) mass is 233 g/mol. The Morgan fingerprint density at radius 1 is 1.47 bits per heavy atom. The largest absolute Gasteiger partial charge is 0.369 e. The quantitative estimate of drug-likeness (QED) is 0.794. The van der Waals surface area contributed by atoms with Crippen molar-refractivity contribution in [2.24, 2.45) is 5.92 Å². The highest BCUT2D eigenvalue weighted by Gasteiger charge is 2.28. The van der Waals surface area contributed by atoms with Crippen LogP contribution in [-0.4, -0.2) is 41.1 Å². The zero-order valence-corrected chi connectivity index (χ0v) is 10.3. The Hall–Kier alpha value is -1.00. The number of ether oxygens (including phenoxy) is 1. The molecule has 0 unspecified atom stereocenters. The number of rotatable bonds is 3. The molecule has 92 valence electrons. The highest BCUT2D eigenvalue weighted by molar-refractivity contribution is 5.07. The first-order valence-electron chi connectivity index (χ1n) is 6.45. The van der Waals surface area contributed by atoms with Gasteiger partial charge in [0.25, 0.3) is 0 Å². The molecule has 0 aromatic carbocycles. The summed E-state index contributed by atoms with van der Waals surface area (Å²) in [4.78, 5) is 11.1. The normalized spacial score (nSPS) is 26.1. The lowest BCUT2D eigenvalue weighted by molar-refractivity contribution is -0.0335. The molecular formula is C13H19N3O. The van der Waals surface area contributed by atoms with Crippen LogP contribution in [0.4, 0.5) is 0 Å². The summed E-state index contributed by atoms with van der Waals surface area (Å²) >= 11 is 0. The van der Waals surface area contributed by atoms with Crippen molar-refractivity contribution in [1.29, 1.82) is 0 Å². The van der Waals surface area contributed by atoms with E-state index >= 15 is 0 Å². The molecule has 2 fully saturated rings. The fourth-order valence-electron chi connectivity index (χ4n) is 2.37. The third-order valence-corrected chi connectivity index (χ3v) is 3.49. The van der Waals surface area contributed by atoms with E-state index in [1.165, 1.54) is 19.4 Å². The van der Waals surface area contributed by atoms with Gasteiger partial charge in [-0.1, -0.05) is 0 Å². The van der Waals surface area contributed by atoms with Crippen molar-refractivity contribution < 1.29 is 4.74 Å². The van der Waals surface area contributed by atoms with Gasteiger partial charge in [-0.15, -0.1) is 0 Å². The summed E-state index contributed by atoms with van der Waals surface area (Å²) in [5, 5.41) is 0. The van der Waals surface area contributed by atoms with Gasteiger partial charge in [-0.05, 0) is 31.7 Å². The molecule has 4 heteroatoms. The Kier molecular flexibility index (Phi) is 3.07. The van der Waals surface area contributed by atoms with Crippen LogP contribution in [0.3, 0.4) is 0 Å². The minimum absolute atomic E-state index is 0.129. The smallest absolute Gasteiger partial charge is 0.125 e. The van der Waals surface area contributed by atoms with E-state index in [4.69, 9.17) is 4.74 Å². The number of aryl methyl sites for hydroxylation is 1. The maximum absolute atomic E-state index is 5.82. The van der Waals surface area contributed by atoms with Crippen molar-refractivity contribution >= 4 is 0 Å². The molecule has 1 aliphatic heterocycles. The van der Waals surface area contributed by atoms with Gasteiger partial charge >= 0.3 is 0 Å². The van der Waals surface area contributed by atoms with E-state index in [0.29, 0.717) is 0 Å². The number of morpholine rings is 1. The highest BCUT2D eigenvalue weighted by atomic mass is 16.5. The van der Waals surface area contributed by atoms with Crippen LogP contribution in [0.25, 0.3) is 0 Å². The lowest BCUT2D eigenvalue weighted by atomic mass is 10.2. The topological polar surface area (TPSA) is 38.2 Å². The van der Waals surface area contributed by atoms with Crippen molar-refractivity contribution in [1.82, 2.24) is 14.9 Å². The maximum atomic E-state index is 5.82. The van der Waals surface area contributed by atoms with Crippen molar-refractivity contribution in [2.75, 3.05) is 26.2 Å². The second kappa shape index (κ2) is 4.70. The first-order chi connectivity index (χ1) is 8.31. The molecule has 2 aliphatic rings. The summed E-state index contributed by atoms with van der Waals surface area (Å²) < 4.78 is 5.82. The lowest BCUT2D eigenvalue weighted by Crippen LogP contribution is -2.39. The van der Waals surface area contributed by atoms with Crippen LogP contribution in [-0.2, 0) is 4.74 Å². The molecule has 1 aromatic heterocycles. The second-order valence-electron chi connectivity index (χ2n) is 5.09. The van der Waals surface area contributed by atoms with Crippen LogP contribution in [0.2, 0.25) is 0 Å². The molecule has 4 nitrogen and oxygen atoms in total. The van der Waals surface area contributed by atoms with Crippen LogP contribution >= 0.6 is 0 Å². The molecule has 0 N–H and O–H groups in total. The van der Waals surface area contributed by atoms with Gasteiger partial charge in [-0.2, -0.15) is 0 Å². The van der Waals surface area contributed by atoms with Crippen molar-refractivity contribution in [3.05, 3.63) is 23.8 Å². The molecule has 0 radical (unpaired) electrons. The molecule has 1 saturated heterocycles. The van der Waals surface area contributed by atoms with E-state index in [9.17, 15) is 0 Å². The summed E-state index contributed by atoms with van der Waals surface area (Å²) in [6.07, 6.45) is 4.77. The van der Waals surface area contributed by atoms with Gasteiger partial charge < -0.3 is 4.74 Å². The summed E-state index contributed by atoms with van der Waals surface area (Å²) in [5.74, 6) is 1.77. The van der Waals surface area contributed by atoms with Crippen molar-refractivity contribution in [2.45, 2.75) is 25.9 Å². The highest BCUT2D eigenvalue weighted by Crippen LogP contribution is 2.31.